The van der Waals surface area contributed by atoms with Crippen LogP contribution in [0.25, 0.3) is 0 Å². The van der Waals surface area contributed by atoms with E-state index in [1.807, 2.05) is 24.3 Å². The molecule has 4 rings (SSSR count). The molecule has 0 aromatic heterocycles. The molecule has 1 aromatic rings. The van der Waals surface area contributed by atoms with Gasteiger partial charge in [-0.2, -0.15) is 0 Å². The number of carbonyl (C=O) groups is 2. The van der Waals surface area contributed by atoms with Crippen LogP contribution in [-0.2, 0) is 4.79 Å². The van der Waals surface area contributed by atoms with Crippen LogP contribution >= 0.6 is 0 Å². The normalized spacial score (nSPS) is 21.3. The standard InChI is InChI=1S/C22H31N3O2/c26-21(17-5-1-2-6-17)24-18-11-13-25(14-12-18)20-8-4-3-7-19(20)22(27)23-15-16-9-10-16/h3-4,7-8,16-18H,1-2,5-6,9-15H2,(H,23,27)(H,24,26). The molecule has 3 fully saturated rings. The average molecular weight is 370 g/mol. The summed E-state index contributed by atoms with van der Waals surface area (Å²) in [6, 6.07) is 8.17. The molecule has 1 heterocycles. The summed E-state index contributed by atoms with van der Waals surface area (Å²) >= 11 is 0. The van der Waals surface area contributed by atoms with Crippen LogP contribution in [0.1, 0.15) is 61.7 Å². The predicted octanol–water partition coefficient (Wildman–Crippen LogP) is 3.10. The highest BCUT2D eigenvalue weighted by atomic mass is 16.2. The molecule has 2 N–H and O–H groups in total. The van der Waals surface area contributed by atoms with Crippen molar-refractivity contribution in [3.63, 3.8) is 0 Å². The van der Waals surface area contributed by atoms with E-state index in [9.17, 15) is 9.59 Å². The highest BCUT2D eigenvalue weighted by molar-refractivity contribution is 5.99. The van der Waals surface area contributed by atoms with E-state index >= 15 is 0 Å². The van der Waals surface area contributed by atoms with Gasteiger partial charge in [-0.1, -0.05) is 25.0 Å². The van der Waals surface area contributed by atoms with Crippen molar-refractivity contribution in [3.8, 4) is 0 Å². The summed E-state index contributed by atoms with van der Waals surface area (Å²) in [5, 5.41) is 6.35. The molecule has 1 aliphatic heterocycles. The van der Waals surface area contributed by atoms with E-state index < -0.39 is 0 Å². The maximum atomic E-state index is 12.6. The number of hydrogen-bond acceptors (Lipinski definition) is 3. The van der Waals surface area contributed by atoms with Gasteiger partial charge in [0.1, 0.15) is 0 Å². The lowest BCUT2D eigenvalue weighted by Crippen LogP contribution is -2.46. The SMILES string of the molecule is O=C(NCC1CC1)c1ccccc1N1CCC(NC(=O)C2CCCC2)CC1. The third-order valence-corrected chi connectivity index (χ3v) is 6.30. The Balaban J connectivity index is 1.32. The van der Waals surface area contributed by atoms with Crippen LogP contribution in [0.15, 0.2) is 24.3 Å². The van der Waals surface area contributed by atoms with Crippen molar-refractivity contribution in [1.29, 1.82) is 0 Å². The maximum Gasteiger partial charge on any atom is 0.253 e. The molecule has 3 aliphatic rings. The molecule has 0 radical (unpaired) electrons. The van der Waals surface area contributed by atoms with Gasteiger partial charge in [-0.15, -0.1) is 0 Å². The molecule has 1 aromatic carbocycles. The van der Waals surface area contributed by atoms with E-state index in [-0.39, 0.29) is 23.8 Å². The van der Waals surface area contributed by atoms with Gasteiger partial charge in [0.2, 0.25) is 5.91 Å². The summed E-state index contributed by atoms with van der Waals surface area (Å²) in [5.41, 5.74) is 1.79. The van der Waals surface area contributed by atoms with E-state index in [4.69, 9.17) is 0 Å². The van der Waals surface area contributed by atoms with Gasteiger partial charge in [0.05, 0.1) is 5.56 Å². The quantitative estimate of drug-likeness (QED) is 0.810. The first kappa shape index (κ1) is 18.3. The van der Waals surface area contributed by atoms with Crippen LogP contribution in [0, 0.1) is 11.8 Å². The van der Waals surface area contributed by atoms with Crippen molar-refractivity contribution in [2.24, 2.45) is 11.8 Å². The molecule has 146 valence electrons. The number of rotatable bonds is 6. The first-order valence-corrected chi connectivity index (χ1v) is 10.6. The second-order valence-electron chi connectivity index (χ2n) is 8.42. The molecule has 5 nitrogen and oxygen atoms in total. The Kier molecular flexibility index (Phi) is 5.65. The van der Waals surface area contributed by atoms with Crippen LogP contribution in [0.2, 0.25) is 0 Å². The van der Waals surface area contributed by atoms with E-state index in [1.165, 1.54) is 25.7 Å². The first-order chi connectivity index (χ1) is 13.2. The zero-order valence-corrected chi connectivity index (χ0v) is 16.1. The Morgan fingerprint density at radius 2 is 1.67 bits per heavy atom. The van der Waals surface area contributed by atoms with E-state index in [0.29, 0.717) is 5.92 Å². The Bertz CT molecular complexity index is 672. The minimum atomic E-state index is 0.0363. The number of benzene rings is 1. The minimum Gasteiger partial charge on any atom is -0.371 e. The van der Waals surface area contributed by atoms with Crippen molar-refractivity contribution in [3.05, 3.63) is 29.8 Å². The number of nitrogens with one attached hydrogen (secondary N) is 2. The summed E-state index contributed by atoms with van der Waals surface area (Å²) in [4.78, 5) is 27.3. The van der Waals surface area contributed by atoms with Crippen LogP contribution in [-0.4, -0.2) is 37.5 Å². The van der Waals surface area contributed by atoms with Crippen molar-refractivity contribution >= 4 is 17.5 Å². The summed E-state index contributed by atoms with van der Waals surface area (Å²) in [6.07, 6.45) is 8.84. The van der Waals surface area contributed by atoms with Crippen LogP contribution < -0.4 is 15.5 Å². The lowest BCUT2D eigenvalue weighted by Gasteiger charge is -2.35. The second-order valence-corrected chi connectivity index (χ2v) is 8.42. The van der Waals surface area contributed by atoms with Gasteiger partial charge >= 0.3 is 0 Å². The largest absolute Gasteiger partial charge is 0.371 e. The van der Waals surface area contributed by atoms with Crippen molar-refractivity contribution in [1.82, 2.24) is 10.6 Å². The molecule has 2 saturated carbocycles. The van der Waals surface area contributed by atoms with Gasteiger partial charge in [-0.25, -0.2) is 0 Å². The summed E-state index contributed by atoms with van der Waals surface area (Å²) < 4.78 is 0. The predicted molar refractivity (Wildman–Crippen MR) is 107 cm³/mol. The fourth-order valence-electron chi connectivity index (χ4n) is 4.37. The average Bonchev–Trinajstić information content (AvgIpc) is 3.37. The van der Waals surface area contributed by atoms with Gasteiger partial charge in [-0.05, 0) is 56.6 Å². The molecular weight excluding hydrogens is 338 g/mol. The number of hydrogen-bond donors (Lipinski definition) is 2. The number of piperidine rings is 1. The van der Waals surface area contributed by atoms with Crippen molar-refractivity contribution in [2.45, 2.75) is 57.4 Å². The van der Waals surface area contributed by atoms with Gasteiger partial charge in [-0.3, -0.25) is 9.59 Å². The van der Waals surface area contributed by atoms with E-state index in [2.05, 4.69) is 15.5 Å². The highest BCUT2D eigenvalue weighted by Gasteiger charge is 2.28. The van der Waals surface area contributed by atoms with Crippen molar-refractivity contribution < 1.29 is 9.59 Å². The van der Waals surface area contributed by atoms with Gasteiger partial charge in [0, 0.05) is 37.3 Å². The molecule has 0 unspecified atom stereocenters. The molecule has 2 amide bonds. The molecule has 27 heavy (non-hydrogen) atoms. The highest BCUT2D eigenvalue weighted by Crippen LogP contribution is 2.29. The molecule has 5 heteroatoms. The molecular formula is C22H31N3O2. The zero-order chi connectivity index (χ0) is 18.6. The van der Waals surface area contributed by atoms with Crippen LogP contribution in [0.5, 0.6) is 0 Å². The maximum absolute atomic E-state index is 12.6. The van der Waals surface area contributed by atoms with Gasteiger partial charge in [0.25, 0.3) is 5.91 Å². The lowest BCUT2D eigenvalue weighted by atomic mass is 10.0. The van der Waals surface area contributed by atoms with E-state index in [1.54, 1.807) is 0 Å². The summed E-state index contributed by atoms with van der Waals surface area (Å²) in [5.74, 6) is 1.21. The summed E-state index contributed by atoms with van der Waals surface area (Å²) in [6.45, 7) is 2.55. The molecule has 1 saturated heterocycles. The second kappa shape index (κ2) is 8.32. The number of amides is 2. The Morgan fingerprint density at radius 3 is 2.37 bits per heavy atom. The van der Waals surface area contributed by atoms with Crippen LogP contribution in [0.3, 0.4) is 0 Å². The van der Waals surface area contributed by atoms with Crippen LogP contribution in [0.4, 0.5) is 5.69 Å². The first-order valence-electron chi connectivity index (χ1n) is 10.6. The number of para-hydroxylation sites is 1. The van der Waals surface area contributed by atoms with Gasteiger partial charge < -0.3 is 15.5 Å². The van der Waals surface area contributed by atoms with Gasteiger partial charge in [0.15, 0.2) is 0 Å². The molecule has 0 spiro atoms. The molecule has 2 aliphatic carbocycles. The van der Waals surface area contributed by atoms with E-state index in [0.717, 1.165) is 56.6 Å². The third kappa shape index (κ3) is 4.63. The molecule has 0 bridgehead atoms. The smallest absolute Gasteiger partial charge is 0.253 e. The fraction of sp³-hybridized carbons (Fsp3) is 0.636. The Morgan fingerprint density at radius 1 is 0.963 bits per heavy atom. The number of anilines is 1. The zero-order valence-electron chi connectivity index (χ0n) is 16.1. The Labute approximate surface area is 161 Å². The lowest BCUT2D eigenvalue weighted by molar-refractivity contribution is -0.125. The topological polar surface area (TPSA) is 61.4 Å². The number of carbonyl (C=O) groups excluding carboxylic acids is 2. The third-order valence-electron chi connectivity index (χ3n) is 6.30. The number of nitrogens with zero attached hydrogens (tertiary/aromatic N) is 1. The monoisotopic (exact) mass is 369 g/mol. The molecule has 0 atom stereocenters. The minimum absolute atomic E-state index is 0.0363. The Hall–Kier alpha value is -2.04. The van der Waals surface area contributed by atoms with Crippen molar-refractivity contribution in [2.75, 3.05) is 24.5 Å². The fourth-order valence-corrected chi connectivity index (χ4v) is 4.37. The summed E-state index contributed by atoms with van der Waals surface area (Å²) in [7, 11) is 0.